The predicted molar refractivity (Wildman–Crippen MR) is 37.2 cm³/mol. The molecule has 5 heteroatoms. The average molecular weight is 251 g/mol. The number of nitrogens with zero attached hydrogens (tertiary/aromatic N) is 2. The Kier molecular flexibility index (Phi) is 2.48. The van der Waals surface area contributed by atoms with Gasteiger partial charge in [0.1, 0.15) is 0 Å². The van der Waals surface area contributed by atoms with Crippen LogP contribution in [0.25, 0.3) is 0 Å². The van der Waals surface area contributed by atoms with Crippen molar-refractivity contribution in [1.82, 2.24) is 9.97 Å². The molecule has 0 bridgehead atoms. The van der Waals surface area contributed by atoms with Gasteiger partial charge >= 0.3 is 68.8 Å². The molecule has 1 aromatic rings. The van der Waals surface area contributed by atoms with Gasteiger partial charge in [0.05, 0.1) is 0 Å². The van der Waals surface area contributed by atoms with Crippen LogP contribution in [0.4, 0.5) is 5.95 Å². The molecule has 9 heavy (non-hydrogen) atoms. The second kappa shape index (κ2) is 3.18. The Balaban J connectivity index is 2.80. The van der Waals surface area contributed by atoms with Crippen LogP contribution in [-0.4, -0.2) is 45.5 Å². The third kappa shape index (κ3) is 2.33. The molecule has 0 saturated heterocycles. The van der Waals surface area contributed by atoms with Crippen molar-refractivity contribution in [2.75, 3.05) is 0 Å². The van der Waals surface area contributed by atoms with E-state index in [4.69, 9.17) is 0 Å². The Morgan fingerprint density at radius 1 is 1.67 bits per heavy atom. The number of hydrogen-bond acceptors (Lipinski definition) is 2. The van der Waals surface area contributed by atoms with E-state index in [0.29, 0.717) is 5.95 Å². The van der Waals surface area contributed by atoms with E-state index in [1.54, 1.807) is 12.4 Å². The first-order valence-electron chi connectivity index (χ1n) is 2.21. The number of imidazole rings is 1. The number of nitrogens with one attached hydrogen (secondary N) is 1. The Hall–Kier alpha value is -0.0810. The van der Waals surface area contributed by atoms with Crippen molar-refractivity contribution in [3.8, 4) is 0 Å². The fraction of sp³-hybridized carbons (Fsp3) is 0. The van der Waals surface area contributed by atoms with E-state index >= 15 is 0 Å². The van der Waals surface area contributed by atoms with Crippen LogP contribution in [0, 0.1) is 0 Å². The molecule has 1 heterocycles. The number of aromatic amines is 1. The molecule has 0 saturated carbocycles. The maximum atomic E-state index is 3.96. The number of aliphatic imine (C=N–C) groups is 1. The van der Waals surface area contributed by atoms with Crippen molar-refractivity contribution in [2.45, 2.75) is 0 Å². The first-order chi connectivity index (χ1) is 4.29. The molecule has 0 fully saturated rings. The van der Waals surface area contributed by atoms with E-state index in [-0.39, 0.29) is 0 Å². The van der Waals surface area contributed by atoms with Crippen molar-refractivity contribution in [1.29, 1.82) is 0 Å². The summed E-state index contributed by atoms with van der Waals surface area (Å²) in [6, 6.07) is 0. The van der Waals surface area contributed by atoms with Crippen LogP contribution in [0.3, 0.4) is 0 Å². The Bertz CT molecular complexity index is 200. The van der Waals surface area contributed by atoms with Crippen LogP contribution in [0.2, 0.25) is 0 Å². The van der Waals surface area contributed by atoms with E-state index in [0.717, 1.165) is 3.51 Å². The zero-order valence-corrected chi connectivity index (χ0v) is 7.79. The summed E-state index contributed by atoms with van der Waals surface area (Å²) in [5.41, 5.74) is 0. The molecular formula is C4H3N3Se2. The summed E-state index contributed by atoms with van der Waals surface area (Å²) in [5, 5.41) is 0. The number of rotatable bonds is 1. The van der Waals surface area contributed by atoms with Gasteiger partial charge in [-0.25, -0.2) is 0 Å². The van der Waals surface area contributed by atoms with Gasteiger partial charge in [0.2, 0.25) is 0 Å². The second-order valence-corrected chi connectivity index (χ2v) is 4.22. The molecule has 0 aliphatic heterocycles. The Labute approximate surface area is 69.0 Å². The fourth-order valence-corrected chi connectivity index (χ4v) is 0.767. The van der Waals surface area contributed by atoms with E-state index in [9.17, 15) is 0 Å². The quantitative estimate of drug-likeness (QED) is 0.542. The Morgan fingerprint density at radius 3 is 2.89 bits per heavy atom. The molecule has 0 unspecified atom stereocenters. The topological polar surface area (TPSA) is 41.0 Å². The van der Waals surface area contributed by atoms with Crippen LogP contribution in [-0.2, 0) is 0 Å². The maximum absolute atomic E-state index is 3.96. The average Bonchev–Trinajstić information content (AvgIpc) is 2.15. The van der Waals surface area contributed by atoms with Crippen LogP contribution in [0.1, 0.15) is 0 Å². The molecule has 2 radical (unpaired) electrons. The van der Waals surface area contributed by atoms with Crippen LogP contribution >= 0.6 is 0 Å². The van der Waals surface area contributed by atoms with Crippen molar-refractivity contribution < 1.29 is 0 Å². The van der Waals surface area contributed by atoms with Crippen LogP contribution < -0.4 is 0 Å². The van der Waals surface area contributed by atoms with Gasteiger partial charge in [0.15, 0.2) is 0 Å². The van der Waals surface area contributed by atoms with Crippen molar-refractivity contribution in [3.05, 3.63) is 12.4 Å². The first-order valence-corrected chi connectivity index (χ1v) is 3.92. The monoisotopic (exact) mass is 253 g/mol. The summed E-state index contributed by atoms with van der Waals surface area (Å²) in [6.45, 7) is 0. The molecule has 0 spiro atoms. The molecule has 3 nitrogen and oxygen atoms in total. The molecular weight excluding hydrogens is 248 g/mol. The van der Waals surface area contributed by atoms with Gasteiger partial charge in [0, 0.05) is 0 Å². The van der Waals surface area contributed by atoms with Gasteiger partial charge in [-0.1, -0.05) is 0 Å². The molecule has 0 aromatic carbocycles. The molecule has 0 atom stereocenters. The summed E-state index contributed by atoms with van der Waals surface area (Å²) >= 11 is 5.43. The normalized spacial score (nSPS) is 8.89. The first kappa shape index (κ1) is 7.03. The summed E-state index contributed by atoms with van der Waals surface area (Å²) in [6.07, 6.45) is 3.38. The molecule has 0 aliphatic rings. The van der Waals surface area contributed by atoms with Gasteiger partial charge in [0.25, 0.3) is 0 Å². The Morgan fingerprint density at radius 2 is 2.44 bits per heavy atom. The van der Waals surface area contributed by atoms with Crippen molar-refractivity contribution in [3.63, 3.8) is 0 Å². The molecule has 0 amide bonds. The van der Waals surface area contributed by atoms with Gasteiger partial charge in [-0.05, 0) is 0 Å². The van der Waals surface area contributed by atoms with Crippen LogP contribution in [0.15, 0.2) is 17.4 Å². The van der Waals surface area contributed by atoms with E-state index in [2.05, 4.69) is 47.0 Å². The van der Waals surface area contributed by atoms with Crippen molar-refractivity contribution in [2.24, 2.45) is 4.99 Å². The standard InChI is InChI=1S/C4H3N3Se2/c8-4(9)7-3-5-1-2-6-3/h1-2H,(H,5,6). The van der Waals surface area contributed by atoms with E-state index < -0.39 is 0 Å². The SMILES string of the molecule is [Se]C([Se])=Nc1ncc[nH]1. The second-order valence-electron chi connectivity index (χ2n) is 1.29. The van der Waals surface area contributed by atoms with Crippen molar-refractivity contribution >= 4 is 41.5 Å². The van der Waals surface area contributed by atoms with Crippen LogP contribution in [0.5, 0.6) is 0 Å². The van der Waals surface area contributed by atoms with E-state index in [1.807, 2.05) is 0 Å². The summed E-state index contributed by atoms with van der Waals surface area (Å²) in [5.74, 6) is 0.613. The van der Waals surface area contributed by atoms with Gasteiger partial charge in [-0.2, -0.15) is 0 Å². The molecule has 1 rings (SSSR count). The third-order valence-corrected chi connectivity index (χ3v) is 1.06. The van der Waals surface area contributed by atoms with E-state index in [1.165, 1.54) is 0 Å². The summed E-state index contributed by atoms with van der Waals surface area (Å²) in [7, 11) is 0. The van der Waals surface area contributed by atoms with Gasteiger partial charge in [-0.3, -0.25) is 0 Å². The molecule has 0 aliphatic carbocycles. The number of aromatic nitrogens is 2. The molecule has 46 valence electrons. The predicted octanol–water partition coefficient (Wildman–Crippen LogP) is -0.266. The minimum atomic E-state index is 0.613. The van der Waals surface area contributed by atoms with Gasteiger partial charge in [-0.15, -0.1) is 0 Å². The molecule has 1 aromatic heterocycles. The number of H-pyrrole nitrogens is 1. The molecule has 1 N–H and O–H groups in total. The summed E-state index contributed by atoms with van der Waals surface area (Å²) in [4.78, 5) is 10.7. The zero-order valence-electron chi connectivity index (χ0n) is 4.37. The van der Waals surface area contributed by atoms with Gasteiger partial charge < -0.3 is 0 Å². The summed E-state index contributed by atoms with van der Waals surface area (Å²) < 4.78 is 0.755. The zero-order chi connectivity index (χ0) is 6.69. The minimum absolute atomic E-state index is 0.613. The third-order valence-electron chi connectivity index (χ3n) is 0.681. The number of hydrogen-bond donors (Lipinski definition) is 1. The fourth-order valence-electron chi connectivity index (χ4n) is 0.405.